The van der Waals surface area contributed by atoms with E-state index in [0.29, 0.717) is 19.0 Å². The molecule has 0 bridgehead atoms. The van der Waals surface area contributed by atoms with Gasteiger partial charge in [0.15, 0.2) is 0 Å². The minimum Gasteiger partial charge on any atom is -0.495 e. The molecule has 0 unspecified atom stereocenters. The Kier molecular flexibility index (Phi) is 6.71. The zero-order valence-corrected chi connectivity index (χ0v) is 22.1. The largest absolute Gasteiger partial charge is 0.495 e. The Morgan fingerprint density at radius 2 is 1.64 bits per heavy atom. The first-order chi connectivity index (χ1) is 19.1. The molecular formula is C30H31N7O2. The van der Waals surface area contributed by atoms with Crippen molar-refractivity contribution in [3.05, 3.63) is 102 Å². The summed E-state index contributed by atoms with van der Waals surface area (Å²) in [5, 5.41) is 12.7. The second kappa shape index (κ2) is 10.6. The van der Waals surface area contributed by atoms with E-state index in [-0.39, 0.29) is 18.5 Å². The number of rotatable bonds is 6. The molecule has 6 rings (SSSR count). The Morgan fingerprint density at radius 3 is 2.38 bits per heavy atom. The van der Waals surface area contributed by atoms with E-state index in [4.69, 9.17) is 4.74 Å². The molecule has 9 heteroatoms. The molecule has 1 saturated heterocycles. The Morgan fingerprint density at radius 1 is 0.923 bits per heavy atom. The average molecular weight is 522 g/mol. The van der Waals surface area contributed by atoms with Gasteiger partial charge in [-0.05, 0) is 46.7 Å². The first-order valence-corrected chi connectivity index (χ1v) is 13.2. The van der Waals surface area contributed by atoms with Crippen LogP contribution < -0.4 is 14.5 Å². The average Bonchev–Trinajstić information content (AvgIpc) is 3.48. The highest BCUT2D eigenvalue weighted by Gasteiger charge is 2.33. The fourth-order valence-corrected chi connectivity index (χ4v) is 5.31. The summed E-state index contributed by atoms with van der Waals surface area (Å²) in [5.74, 6) is 1.45. The van der Waals surface area contributed by atoms with Crippen LogP contribution in [0.3, 0.4) is 0 Å². The van der Waals surface area contributed by atoms with Gasteiger partial charge in [-0.2, -0.15) is 4.68 Å². The summed E-state index contributed by atoms with van der Waals surface area (Å²) in [6.45, 7) is 4.95. The standard InChI is InChI=1S/C30H31N7O2/c1-22-12-14-24(15-13-22)26-20-27(23-8-4-3-5-9-23)37-30(31-32-33-37)36(26)21-29(38)35-18-16-34(17-19-35)25-10-6-7-11-28(25)39-2/h3-15,20,27H,16-19,21H2,1-2H3/t27-/m0/s1. The van der Waals surface area contributed by atoms with Gasteiger partial charge < -0.3 is 14.5 Å². The number of anilines is 2. The lowest BCUT2D eigenvalue weighted by Gasteiger charge is -2.38. The molecule has 1 amide bonds. The lowest BCUT2D eigenvalue weighted by Crippen LogP contribution is -2.51. The molecule has 0 radical (unpaired) electrons. The van der Waals surface area contributed by atoms with Crippen LogP contribution in [-0.2, 0) is 4.79 Å². The molecule has 2 aliphatic heterocycles. The van der Waals surface area contributed by atoms with Gasteiger partial charge in [-0.15, -0.1) is 0 Å². The number of ether oxygens (including phenoxy) is 1. The third-order valence-electron chi connectivity index (χ3n) is 7.43. The van der Waals surface area contributed by atoms with Gasteiger partial charge >= 0.3 is 0 Å². The van der Waals surface area contributed by atoms with Crippen molar-refractivity contribution in [1.29, 1.82) is 0 Å². The van der Waals surface area contributed by atoms with E-state index in [2.05, 4.69) is 75.9 Å². The molecular weight excluding hydrogens is 490 g/mol. The molecule has 0 saturated carbocycles. The monoisotopic (exact) mass is 521 g/mol. The third kappa shape index (κ3) is 4.83. The Labute approximate surface area is 227 Å². The van der Waals surface area contributed by atoms with Gasteiger partial charge in [-0.25, -0.2) is 0 Å². The van der Waals surface area contributed by atoms with Crippen LogP contribution in [0.4, 0.5) is 11.6 Å². The van der Waals surface area contributed by atoms with E-state index in [9.17, 15) is 4.79 Å². The number of nitrogens with zero attached hydrogens (tertiary/aromatic N) is 7. The zero-order valence-electron chi connectivity index (χ0n) is 22.1. The summed E-state index contributed by atoms with van der Waals surface area (Å²) in [4.78, 5) is 19.8. The molecule has 39 heavy (non-hydrogen) atoms. The fraction of sp³-hybridized carbons (Fsp3) is 0.267. The number of methoxy groups -OCH3 is 1. The fourth-order valence-electron chi connectivity index (χ4n) is 5.31. The minimum atomic E-state index is -0.178. The summed E-state index contributed by atoms with van der Waals surface area (Å²) in [6.07, 6.45) is 2.15. The van der Waals surface area contributed by atoms with Gasteiger partial charge in [0.25, 0.3) is 5.95 Å². The maximum atomic E-state index is 13.7. The highest BCUT2D eigenvalue weighted by atomic mass is 16.5. The van der Waals surface area contributed by atoms with Gasteiger partial charge in [0.05, 0.1) is 18.5 Å². The highest BCUT2D eigenvalue weighted by molar-refractivity contribution is 5.89. The Balaban J connectivity index is 1.26. The SMILES string of the molecule is COc1ccccc1N1CCN(C(=O)CN2C(c3ccc(C)cc3)=C[C@@H](c3ccccc3)n3nnnc32)CC1. The van der Waals surface area contributed by atoms with Crippen LogP contribution in [0.15, 0.2) is 84.9 Å². The van der Waals surface area contributed by atoms with Crippen LogP contribution in [0.2, 0.25) is 0 Å². The van der Waals surface area contributed by atoms with Crippen molar-refractivity contribution in [3.63, 3.8) is 0 Å². The molecule has 4 aromatic rings. The first-order valence-electron chi connectivity index (χ1n) is 13.2. The predicted octanol–water partition coefficient (Wildman–Crippen LogP) is 3.79. The normalized spacial score (nSPS) is 17.0. The number of tetrazole rings is 1. The van der Waals surface area contributed by atoms with Gasteiger partial charge in [-0.1, -0.05) is 77.4 Å². The van der Waals surface area contributed by atoms with E-state index in [1.807, 2.05) is 46.2 Å². The lowest BCUT2D eigenvalue weighted by atomic mass is 10.00. The van der Waals surface area contributed by atoms with Crippen molar-refractivity contribution < 1.29 is 9.53 Å². The quantitative estimate of drug-likeness (QED) is 0.382. The minimum absolute atomic E-state index is 0.0420. The zero-order chi connectivity index (χ0) is 26.8. The lowest BCUT2D eigenvalue weighted by molar-refractivity contribution is -0.129. The van der Waals surface area contributed by atoms with Crippen molar-refractivity contribution in [2.75, 3.05) is 49.6 Å². The van der Waals surface area contributed by atoms with E-state index < -0.39 is 0 Å². The van der Waals surface area contributed by atoms with Crippen LogP contribution in [-0.4, -0.2) is 70.8 Å². The van der Waals surface area contributed by atoms with Gasteiger partial charge in [0.2, 0.25) is 5.91 Å². The number of para-hydroxylation sites is 2. The number of carbonyl (C=O) groups is 1. The molecule has 3 heterocycles. The topological polar surface area (TPSA) is 79.6 Å². The van der Waals surface area contributed by atoms with E-state index >= 15 is 0 Å². The molecule has 1 aromatic heterocycles. The van der Waals surface area contributed by atoms with E-state index in [1.165, 1.54) is 5.56 Å². The molecule has 3 aromatic carbocycles. The predicted molar refractivity (Wildman–Crippen MR) is 151 cm³/mol. The third-order valence-corrected chi connectivity index (χ3v) is 7.43. The van der Waals surface area contributed by atoms with Crippen molar-refractivity contribution >= 4 is 23.2 Å². The molecule has 1 fully saturated rings. The maximum Gasteiger partial charge on any atom is 0.251 e. The van der Waals surface area contributed by atoms with Gasteiger partial charge in [0.1, 0.15) is 18.3 Å². The number of hydrogen-bond donors (Lipinski definition) is 0. The number of piperazine rings is 1. The number of aromatic nitrogens is 4. The summed E-state index contributed by atoms with van der Waals surface area (Å²) in [5.41, 5.74) is 5.25. The number of carbonyl (C=O) groups excluding carboxylic acids is 1. The van der Waals surface area contributed by atoms with Crippen LogP contribution >= 0.6 is 0 Å². The molecule has 0 aliphatic carbocycles. The number of benzene rings is 3. The molecule has 2 aliphatic rings. The van der Waals surface area contributed by atoms with Gasteiger partial charge in [0, 0.05) is 26.2 Å². The number of aryl methyl sites for hydroxylation is 1. The summed E-state index contributed by atoms with van der Waals surface area (Å²) in [7, 11) is 1.69. The van der Waals surface area contributed by atoms with Crippen LogP contribution in [0.1, 0.15) is 22.7 Å². The summed E-state index contributed by atoms with van der Waals surface area (Å²) < 4.78 is 7.34. The van der Waals surface area contributed by atoms with Crippen LogP contribution in [0, 0.1) is 6.92 Å². The van der Waals surface area contributed by atoms with E-state index in [0.717, 1.165) is 41.4 Å². The molecule has 1 atom stereocenters. The number of allylic oxidation sites excluding steroid dienone is 1. The van der Waals surface area contributed by atoms with Crippen LogP contribution in [0.5, 0.6) is 5.75 Å². The van der Waals surface area contributed by atoms with Crippen molar-refractivity contribution in [2.45, 2.75) is 13.0 Å². The second-order valence-corrected chi connectivity index (χ2v) is 9.82. The smallest absolute Gasteiger partial charge is 0.251 e. The summed E-state index contributed by atoms with van der Waals surface area (Å²) in [6, 6.07) is 26.3. The summed E-state index contributed by atoms with van der Waals surface area (Å²) >= 11 is 0. The Hall–Kier alpha value is -4.66. The first kappa shape index (κ1) is 24.7. The number of fused-ring (bicyclic) bond motifs is 1. The van der Waals surface area contributed by atoms with Crippen LogP contribution in [0.25, 0.3) is 5.70 Å². The molecule has 0 spiro atoms. The highest BCUT2D eigenvalue weighted by Crippen LogP contribution is 2.36. The van der Waals surface area contributed by atoms with Crippen molar-refractivity contribution in [2.24, 2.45) is 0 Å². The molecule has 198 valence electrons. The number of hydrogen-bond acceptors (Lipinski definition) is 7. The molecule has 9 nitrogen and oxygen atoms in total. The maximum absolute atomic E-state index is 13.7. The van der Waals surface area contributed by atoms with Crippen molar-refractivity contribution in [1.82, 2.24) is 25.1 Å². The van der Waals surface area contributed by atoms with Gasteiger partial charge in [-0.3, -0.25) is 9.69 Å². The Bertz CT molecular complexity index is 1470. The molecule has 0 N–H and O–H groups in total. The van der Waals surface area contributed by atoms with E-state index in [1.54, 1.807) is 11.8 Å². The van der Waals surface area contributed by atoms with Crippen molar-refractivity contribution in [3.8, 4) is 5.75 Å². The number of amides is 1. The second-order valence-electron chi connectivity index (χ2n) is 9.82.